The summed E-state index contributed by atoms with van der Waals surface area (Å²) in [6.07, 6.45) is -2.04. The SMILES string of the molecule is CN(CC#Cc1ccc2c(c1)[C@]1(C(=O)N2C(=O)OCc2ccc([N+](=O)[O-])cc2)[C@H](C(N)=O)[C@H]2C(=O)O[C@H](c3ccccc3)[C@H](c3ccccc3)N2[C@@H]1c1ccc(OCCO)cc1)Cc1ccccc1. The van der Waals surface area contributed by atoms with Crippen LogP contribution in [0.5, 0.6) is 5.75 Å². The molecule has 2 saturated heterocycles. The maximum atomic E-state index is 16.2. The van der Waals surface area contributed by atoms with E-state index in [1.807, 2.05) is 108 Å². The number of cyclic esters (lactones) is 1. The molecule has 0 saturated carbocycles. The Kier molecular flexibility index (Phi) is 13.1. The third-order valence-corrected chi connectivity index (χ3v) is 12.9. The smallest absolute Gasteiger partial charge is 0.421 e. The molecule has 2 fully saturated rings. The molecule has 0 radical (unpaired) electrons. The highest BCUT2D eigenvalue weighted by molar-refractivity contribution is 6.23. The molecule has 348 valence electrons. The van der Waals surface area contributed by atoms with E-state index >= 15 is 9.59 Å². The predicted molar refractivity (Wildman–Crippen MR) is 253 cm³/mol. The molecule has 1 spiro atoms. The summed E-state index contributed by atoms with van der Waals surface area (Å²) in [5, 5.41) is 20.9. The highest BCUT2D eigenvalue weighted by atomic mass is 16.6. The molecule has 6 aromatic carbocycles. The van der Waals surface area contributed by atoms with Crippen molar-refractivity contribution in [2.75, 3.05) is 31.7 Å². The number of aliphatic hydroxyl groups is 1. The van der Waals surface area contributed by atoms with Crippen LogP contribution in [0.2, 0.25) is 0 Å². The maximum Gasteiger partial charge on any atom is 0.421 e. The first-order valence-corrected chi connectivity index (χ1v) is 22.3. The fourth-order valence-corrected chi connectivity index (χ4v) is 10.1. The number of ether oxygens (including phenoxy) is 3. The fourth-order valence-electron chi connectivity index (χ4n) is 10.1. The molecule has 6 atom stereocenters. The van der Waals surface area contributed by atoms with E-state index in [2.05, 4.69) is 11.8 Å². The molecule has 0 aromatic heterocycles. The molecule has 0 bridgehead atoms. The lowest BCUT2D eigenvalue weighted by Gasteiger charge is -2.46. The molecule has 0 aliphatic carbocycles. The van der Waals surface area contributed by atoms with E-state index in [9.17, 15) is 24.8 Å². The molecule has 6 aromatic rings. The quantitative estimate of drug-likeness (QED) is 0.0525. The number of nitro groups is 1. The topological polar surface area (TPSA) is 195 Å². The molecule has 15 heteroatoms. The number of fused-ring (bicyclic) bond motifs is 3. The van der Waals surface area contributed by atoms with Gasteiger partial charge in [-0.25, -0.2) is 9.69 Å². The highest BCUT2D eigenvalue weighted by Gasteiger charge is 2.75. The summed E-state index contributed by atoms with van der Waals surface area (Å²) >= 11 is 0. The van der Waals surface area contributed by atoms with E-state index in [-0.39, 0.29) is 36.8 Å². The Balaban J connectivity index is 1.24. The molecule has 3 amide bonds. The van der Waals surface area contributed by atoms with Gasteiger partial charge in [-0.05, 0) is 82.9 Å². The van der Waals surface area contributed by atoms with E-state index < -0.39 is 64.4 Å². The summed E-state index contributed by atoms with van der Waals surface area (Å²) < 4.78 is 18.0. The standard InChI is InChI=1S/C54H47N5O10/c1-56(33-36-12-5-2-6-13-36)29-11-14-35-21-28-44-43(32-35)54(52(63)57(44)53(64)68-34-37-19-24-41(25-20-37)59(65)66)45(50(55)61)47-51(62)69-48(39-17-9-4-10-18-39)46(38-15-7-3-8-16-38)58(47)49(54)40-22-26-42(27-23-40)67-31-30-60/h2-10,12-13,15-28,32,45-49,60H,29-31,33-34H2,1H3,(H2,55,61)/t45-,46-,47-,48+,49+,54-/m0/s1. The average molecular weight is 926 g/mol. The van der Waals surface area contributed by atoms with Gasteiger partial charge in [-0.1, -0.05) is 115 Å². The van der Waals surface area contributed by atoms with Gasteiger partial charge >= 0.3 is 12.1 Å². The molecular weight excluding hydrogens is 879 g/mol. The number of anilines is 1. The number of esters is 1. The van der Waals surface area contributed by atoms with Gasteiger partial charge in [-0.15, -0.1) is 0 Å². The number of primary amides is 1. The van der Waals surface area contributed by atoms with Crippen LogP contribution in [0.25, 0.3) is 0 Å². The van der Waals surface area contributed by atoms with Crippen molar-refractivity contribution >= 4 is 35.3 Å². The van der Waals surface area contributed by atoms with Crippen molar-refractivity contribution < 1.29 is 43.4 Å². The molecule has 3 heterocycles. The van der Waals surface area contributed by atoms with Crippen LogP contribution in [-0.4, -0.2) is 76.6 Å². The normalized spacial score (nSPS) is 21.5. The van der Waals surface area contributed by atoms with E-state index in [0.29, 0.717) is 46.7 Å². The average Bonchev–Trinajstić information content (AvgIpc) is 3.82. The second kappa shape index (κ2) is 19.6. The van der Waals surface area contributed by atoms with Crippen molar-refractivity contribution in [3.63, 3.8) is 0 Å². The number of morpholine rings is 1. The zero-order valence-corrected chi connectivity index (χ0v) is 37.4. The third kappa shape index (κ3) is 8.68. The van der Waals surface area contributed by atoms with Crippen LogP contribution in [0.4, 0.5) is 16.2 Å². The number of nitrogens with zero attached hydrogens (tertiary/aromatic N) is 4. The number of non-ortho nitro benzene ring substituents is 1. The zero-order chi connectivity index (χ0) is 48.2. The molecule has 15 nitrogen and oxygen atoms in total. The number of hydrogen-bond donors (Lipinski definition) is 2. The molecule has 69 heavy (non-hydrogen) atoms. The molecule has 9 rings (SSSR count). The Morgan fingerprint density at radius 3 is 2.12 bits per heavy atom. The van der Waals surface area contributed by atoms with Gasteiger partial charge in [0.25, 0.3) is 5.69 Å². The van der Waals surface area contributed by atoms with Gasteiger partial charge in [-0.3, -0.25) is 34.3 Å². The lowest BCUT2D eigenvalue weighted by Crippen LogP contribution is -2.55. The Bertz CT molecular complexity index is 2950. The summed E-state index contributed by atoms with van der Waals surface area (Å²) in [6, 6.07) is 42.1. The number of benzene rings is 6. The van der Waals surface area contributed by atoms with Gasteiger partial charge in [0.2, 0.25) is 11.8 Å². The Morgan fingerprint density at radius 2 is 1.48 bits per heavy atom. The maximum absolute atomic E-state index is 16.2. The number of nitrogens with two attached hydrogens (primary N) is 1. The minimum absolute atomic E-state index is 0.0139. The number of imide groups is 1. The summed E-state index contributed by atoms with van der Waals surface area (Å²) in [5.74, 6) is 2.57. The summed E-state index contributed by atoms with van der Waals surface area (Å²) in [5.41, 5.74) is 8.36. The van der Waals surface area contributed by atoms with E-state index in [0.717, 1.165) is 10.5 Å². The number of rotatable bonds is 13. The van der Waals surface area contributed by atoms with Gasteiger partial charge < -0.3 is 25.1 Å². The minimum Gasteiger partial charge on any atom is -0.491 e. The van der Waals surface area contributed by atoms with Gasteiger partial charge in [0.05, 0.1) is 41.8 Å². The monoisotopic (exact) mass is 925 g/mol. The van der Waals surface area contributed by atoms with Crippen LogP contribution in [-0.2, 0) is 42.4 Å². The Hall–Kier alpha value is -8.16. The fraction of sp³-hybridized carbons (Fsp3) is 0.222. The van der Waals surface area contributed by atoms with Gasteiger partial charge in [0.1, 0.15) is 36.5 Å². The van der Waals surface area contributed by atoms with Crippen LogP contribution in [0, 0.1) is 27.9 Å². The first-order chi connectivity index (χ1) is 33.5. The lowest BCUT2D eigenvalue weighted by molar-refractivity contribution is -0.384. The van der Waals surface area contributed by atoms with Gasteiger partial charge in [0.15, 0.2) is 0 Å². The molecule has 3 aliphatic rings. The van der Waals surface area contributed by atoms with Crippen molar-refractivity contribution in [1.82, 2.24) is 9.80 Å². The van der Waals surface area contributed by atoms with Crippen molar-refractivity contribution in [3.05, 3.63) is 207 Å². The van der Waals surface area contributed by atoms with Crippen molar-refractivity contribution in [3.8, 4) is 17.6 Å². The predicted octanol–water partition coefficient (Wildman–Crippen LogP) is 6.94. The summed E-state index contributed by atoms with van der Waals surface area (Å²) in [4.78, 5) is 76.0. The van der Waals surface area contributed by atoms with Crippen LogP contribution in [0.1, 0.15) is 57.1 Å². The van der Waals surface area contributed by atoms with Crippen LogP contribution in [0.3, 0.4) is 0 Å². The molecular formula is C54H47N5O10. The second-order valence-corrected chi connectivity index (χ2v) is 17.1. The highest BCUT2D eigenvalue weighted by Crippen LogP contribution is 2.65. The molecule has 3 N–H and O–H groups in total. The lowest BCUT2D eigenvalue weighted by atomic mass is 9.65. The van der Waals surface area contributed by atoms with Crippen LogP contribution >= 0.6 is 0 Å². The molecule has 0 unspecified atom stereocenters. The minimum atomic E-state index is -2.11. The van der Waals surface area contributed by atoms with Crippen LogP contribution in [0.15, 0.2) is 158 Å². The largest absolute Gasteiger partial charge is 0.491 e. The second-order valence-electron chi connectivity index (χ2n) is 17.1. The van der Waals surface area contributed by atoms with Crippen molar-refractivity contribution in [1.29, 1.82) is 0 Å². The first-order valence-electron chi connectivity index (χ1n) is 22.3. The van der Waals surface area contributed by atoms with E-state index in [1.54, 1.807) is 42.5 Å². The first kappa shape index (κ1) is 46.0. The number of nitro benzene ring substituents is 1. The number of amides is 3. The zero-order valence-electron chi connectivity index (χ0n) is 37.4. The Labute approximate surface area is 397 Å². The number of aliphatic hydroxyl groups excluding tert-OH is 1. The summed E-state index contributed by atoms with van der Waals surface area (Å²) in [6.45, 7) is 0.424. The molecule has 3 aliphatic heterocycles. The number of hydrogen-bond acceptors (Lipinski definition) is 12. The Morgan fingerprint density at radius 1 is 0.826 bits per heavy atom. The van der Waals surface area contributed by atoms with Crippen molar-refractivity contribution in [2.45, 2.75) is 42.8 Å². The summed E-state index contributed by atoms with van der Waals surface area (Å²) in [7, 11) is 1.94. The van der Waals surface area contributed by atoms with E-state index in [1.165, 1.54) is 24.3 Å². The van der Waals surface area contributed by atoms with Crippen molar-refractivity contribution in [2.24, 2.45) is 11.7 Å². The van der Waals surface area contributed by atoms with Crippen LogP contribution < -0.4 is 15.4 Å². The van der Waals surface area contributed by atoms with Gasteiger partial charge in [-0.2, -0.15) is 0 Å². The number of carbonyl (C=O) groups excluding carboxylic acids is 4. The van der Waals surface area contributed by atoms with Gasteiger partial charge in [0, 0.05) is 24.2 Å². The third-order valence-electron chi connectivity index (χ3n) is 12.9. The number of carbonyl (C=O) groups is 4. The van der Waals surface area contributed by atoms with E-state index in [4.69, 9.17) is 19.9 Å².